The van der Waals surface area contributed by atoms with Gasteiger partial charge in [-0.15, -0.1) is 0 Å². The number of carbonyl (C=O) groups excluding carboxylic acids is 1. The van der Waals surface area contributed by atoms with Crippen LogP contribution in [0.25, 0.3) is 0 Å². The molecular formula is C29H35F2NO2. The third-order valence-corrected chi connectivity index (χ3v) is 6.75. The minimum atomic E-state index is -2.83. The summed E-state index contributed by atoms with van der Waals surface area (Å²) in [5.41, 5.74) is 2.23. The summed E-state index contributed by atoms with van der Waals surface area (Å²) < 4.78 is 32.6. The second-order valence-corrected chi connectivity index (χ2v) is 9.11. The van der Waals surface area contributed by atoms with Crippen LogP contribution in [0.2, 0.25) is 0 Å². The zero-order valence-corrected chi connectivity index (χ0v) is 20.3. The summed E-state index contributed by atoms with van der Waals surface area (Å²) in [5, 5.41) is 2.84. The van der Waals surface area contributed by atoms with Crippen molar-refractivity contribution in [3.8, 4) is 5.75 Å². The zero-order valence-electron chi connectivity index (χ0n) is 20.3. The number of alkyl halides is 2. The summed E-state index contributed by atoms with van der Waals surface area (Å²) in [5.74, 6) is -1.63. The highest BCUT2D eigenvalue weighted by atomic mass is 19.3. The molecule has 0 bridgehead atoms. The van der Waals surface area contributed by atoms with E-state index in [1.165, 1.54) is 17.7 Å². The molecule has 1 unspecified atom stereocenters. The Hall–Kier alpha value is -2.95. The maximum atomic E-state index is 13.6. The minimum absolute atomic E-state index is 0.0311. The SMILES string of the molecule is CNC(=O)[C@H](CC[C@@H](CCc1ccc(C(C)(F)F)cc1)c1cccc(OC)c1)C1C=CC=CC1. The van der Waals surface area contributed by atoms with E-state index in [9.17, 15) is 13.6 Å². The van der Waals surface area contributed by atoms with Crippen molar-refractivity contribution in [1.82, 2.24) is 5.32 Å². The molecule has 0 radical (unpaired) electrons. The summed E-state index contributed by atoms with van der Waals surface area (Å²) >= 11 is 0. The number of hydrogen-bond donors (Lipinski definition) is 1. The number of carbonyl (C=O) groups is 1. The lowest BCUT2D eigenvalue weighted by atomic mass is 9.79. The summed E-state index contributed by atoms with van der Waals surface area (Å²) in [7, 11) is 3.35. The summed E-state index contributed by atoms with van der Waals surface area (Å²) in [6, 6.07) is 14.7. The number of rotatable bonds is 11. The normalized spacial score (nSPS) is 17.3. The predicted molar refractivity (Wildman–Crippen MR) is 133 cm³/mol. The molecule has 0 heterocycles. The molecule has 0 aromatic heterocycles. The topological polar surface area (TPSA) is 38.3 Å². The maximum absolute atomic E-state index is 13.6. The molecule has 0 spiro atoms. The number of halogens is 2. The van der Waals surface area contributed by atoms with Gasteiger partial charge in [-0.3, -0.25) is 4.79 Å². The van der Waals surface area contributed by atoms with Gasteiger partial charge in [0.15, 0.2) is 0 Å². The molecule has 0 saturated heterocycles. The lowest BCUT2D eigenvalue weighted by Crippen LogP contribution is -2.32. The zero-order chi connectivity index (χ0) is 24.6. The number of methoxy groups -OCH3 is 1. The Labute approximate surface area is 201 Å². The standard InChI is InChI=1S/C29H35F2NO2/c1-29(30,31)25-17-13-21(14-18-25)12-15-22(24-10-7-11-26(20-24)34-3)16-19-27(28(33)32-2)23-8-5-4-6-9-23/h4-8,10-11,13-14,17-18,20,22-23,27H,9,12,15-16,19H2,1-3H3,(H,32,33)/t22-,23?,27-/m1/s1. The fraction of sp³-hybridized carbons (Fsp3) is 0.414. The van der Waals surface area contributed by atoms with Crippen LogP contribution in [0.1, 0.15) is 55.2 Å². The lowest BCUT2D eigenvalue weighted by molar-refractivity contribution is -0.125. The largest absolute Gasteiger partial charge is 0.497 e. The Kier molecular flexibility index (Phi) is 9.03. The Morgan fingerprint density at radius 3 is 2.50 bits per heavy atom. The number of ether oxygens (including phenoxy) is 1. The van der Waals surface area contributed by atoms with Gasteiger partial charge < -0.3 is 10.1 Å². The maximum Gasteiger partial charge on any atom is 0.270 e. The van der Waals surface area contributed by atoms with E-state index in [-0.39, 0.29) is 29.2 Å². The molecule has 3 atom stereocenters. The van der Waals surface area contributed by atoms with Gasteiger partial charge >= 0.3 is 0 Å². The van der Waals surface area contributed by atoms with Crippen LogP contribution in [-0.2, 0) is 17.1 Å². The van der Waals surface area contributed by atoms with Crippen LogP contribution in [0.5, 0.6) is 5.75 Å². The number of nitrogens with one attached hydrogen (secondary N) is 1. The molecular weight excluding hydrogens is 432 g/mol. The highest BCUT2D eigenvalue weighted by molar-refractivity contribution is 5.79. The lowest BCUT2D eigenvalue weighted by Gasteiger charge is -2.26. The average Bonchev–Trinajstić information content (AvgIpc) is 2.86. The first kappa shape index (κ1) is 25.7. The number of benzene rings is 2. The van der Waals surface area contributed by atoms with Gasteiger partial charge in [0, 0.05) is 25.5 Å². The van der Waals surface area contributed by atoms with E-state index in [0.717, 1.165) is 50.3 Å². The van der Waals surface area contributed by atoms with Crippen molar-refractivity contribution >= 4 is 5.91 Å². The van der Waals surface area contributed by atoms with Crippen LogP contribution in [0.15, 0.2) is 72.8 Å². The van der Waals surface area contributed by atoms with Crippen molar-refractivity contribution in [2.45, 2.75) is 50.9 Å². The van der Waals surface area contributed by atoms with Gasteiger partial charge in [0.25, 0.3) is 5.92 Å². The quantitative estimate of drug-likeness (QED) is 0.395. The molecule has 3 nitrogen and oxygen atoms in total. The molecule has 3 rings (SSSR count). The highest BCUT2D eigenvalue weighted by Crippen LogP contribution is 2.34. The van der Waals surface area contributed by atoms with Crippen LogP contribution < -0.4 is 10.1 Å². The second kappa shape index (κ2) is 12.0. The van der Waals surface area contributed by atoms with E-state index < -0.39 is 5.92 Å². The van der Waals surface area contributed by atoms with E-state index in [2.05, 4.69) is 29.6 Å². The van der Waals surface area contributed by atoms with Gasteiger partial charge in [0.05, 0.1) is 7.11 Å². The molecule has 0 aliphatic heterocycles. The van der Waals surface area contributed by atoms with E-state index in [1.54, 1.807) is 26.3 Å². The Balaban J connectivity index is 1.75. The van der Waals surface area contributed by atoms with Crippen molar-refractivity contribution in [2.75, 3.05) is 14.2 Å². The Bertz CT molecular complexity index is 992. The molecule has 5 heteroatoms. The van der Waals surface area contributed by atoms with E-state index in [4.69, 9.17) is 4.74 Å². The summed E-state index contributed by atoms with van der Waals surface area (Å²) in [4.78, 5) is 12.7. The molecule has 182 valence electrons. The van der Waals surface area contributed by atoms with Crippen LogP contribution in [0.4, 0.5) is 8.78 Å². The van der Waals surface area contributed by atoms with Gasteiger partial charge in [0.1, 0.15) is 5.75 Å². The molecule has 0 fully saturated rings. The van der Waals surface area contributed by atoms with Gasteiger partial charge in [-0.05, 0) is 67.2 Å². The van der Waals surface area contributed by atoms with Crippen LogP contribution in [0.3, 0.4) is 0 Å². The third-order valence-electron chi connectivity index (χ3n) is 6.75. The smallest absolute Gasteiger partial charge is 0.270 e. The number of amides is 1. The van der Waals surface area contributed by atoms with Gasteiger partial charge in [-0.1, -0.05) is 60.7 Å². The van der Waals surface area contributed by atoms with Crippen LogP contribution >= 0.6 is 0 Å². The molecule has 0 saturated carbocycles. The monoisotopic (exact) mass is 467 g/mol. The summed E-state index contributed by atoms with van der Waals surface area (Å²) in [6.45, 7) is 0.918. The predicted octanol–water partition coefficient (Wildman–Crippen LogP) is 6.80. The van der Waals surface area contributed by atoms with Gasteiger partial charge in [-0.2, -0.15) is 0 Å². The third kappa shape index (κ3) is 7.02. The molecule has 2 aromatic carbocycles. The number of aryl methyl sites for hydroxylation is 1. The van der Waals surface area contributed by atoms with Gasteiger partial charge in [-0.25, -0.2) is 8.78 Å². The Morgan fingerprint density at radius 2 is 1.88 bits per heavy atom. The Morgan fingerprint density at radius 1 is 1.12 bits per heavy atom. The second-order valence-electron chi connectivity index (χ2n) is 9.11. The van der Waals surface area contributed by atoms with Gasteiger partial charge in [0.2, 0.25) is 5.91 Å². The first-order valence-corrected chi connectivity index (χ1v) is 12.0. The van der Waals surface area contributed by atoms with Crippen molar-refractivity contribution < 1.29 is 18.3 Å². The van der Waals surface area contributed by atoms with Crippen molar-refractivity contribution in [1.29, 1.82) is 0 Å². The average molecular weight is 468 g/mol. The minimum Gasteiger partial charge on any atom is -0.497 e. The highest BCUT2D eigenvalue weighted by Gasteiger charge is 2.27. The molecule has 1 N–H and O–H groups in total. The van der Waals surface area contributed by atoms with Crippen LogP contribution in [0, 0.1) is 11.8 Å². The van der Waals surface area contributed by atoms with E-state index in [0.29, 0.717) is 0 Å². The van der Waals surface area contributed by atoms with E-state index >= 15 is 0 Å². The molecule has 1 amide bonds. The summed E-state index contributed by atoms with van der Waals surface area (Å²) in [6.07, 6.45) is 12.4. The molecule has 34 heavy (non-hydrogen) atoms. The molecule has 2 aromatic rings. The molecule has 1 aliphatic rings. The van der Waals surface area contributed by atoms with E-state index in [1.807, 2.05) is 24.3 Å². The van der Waals surface area contributed by atoms with Crippen molar-refractivity contribution in [3.05, 3.63) is 89.5 Å². The first-order chi connectivity index (χ1) is 16.3. The first-order valence-electron chi connectivity index (χ1n) is 12.0. The van der Waals surface area contributed by atoms with Crippen LogP contribution in [-0.4, -0.2) is 20.1 Å². The molecule has 1 aliphatic carbocycles. The fourth-order valence-corrected chi connectivity index (χ4v) is 4.68. The number of hydrogen-bond acceptors (Lipinski definition) is 2. The number of allylic oxidation sites excluding steroid dienone is 4. The fourth-order valence-electron chi connectivity index (χ4n) is 4.68. The van der Waals surface area contributed by atoms with Crippen molar-refractivity contribution in [3.63, 3.8) is 0 Å². The van der Waals surface area contributed by atoms with Crippen molar-refractivity contribution in [2.24, 2.45) is 11.8 Å².